The predicted octanol–water partition coefficient (Wildman–Crippen LogP) is 1.64. The minimum Gasteiger partial charge on any atom is -0.481 e. The van der Waals surface area contributed by atoms with Crippen molar-refractivity contribution in [1.82, 2.24) is 0 Å². The van der Waals surface area contributed by atoms with Crippen LogP contribution in [0.2, 0.25) is 0 Å². The Kier molecular flexibility index (Phi) is 4.11. The number of benzene rings is 1. The molecule has 1 saturated heterocycles. The van der Waals surface area contributed by atoms with E-state index in [-0.39, 0.29) is 24.1 Å². The van der Waals surface area contributed by atoms with Crippen molar-refractivity contribution in [2.45, 2.75) is 25.6 Å². The van der Waals surface area contributed by atoms with Crippen molar-refractivity contribution in [3.63, 3.8) is 0 Å². The smallest absolute Gasteiger partial charge is 0.310 e. The van der Waals surface area contributed by atoms with E-state index in [1.54, 1.807) is 0 Å². The predicted molar refractivity (Wildman–Crippen MR) is 63.5 cm³/mol. The lowest BCUT2D eigenvalue weighted by Crippen LogP contribution is -2.28. The van der Waals surface area contributed by atoms with E-state index < -0.39 is 4.92 Å². The zero-order chi connectivity index (χ0) is 13.0. The molecule has 0 bridgehead atoms. The van der Waals surface area contributed by atoms with Gasteiger partial charge in [0, 0.05) is 12.7 Å². The number of nitro benzene ring substituents is 1. The Morgan fingerprint density at radius 3 is 3.00 bits per heavy atom. The van der Waals surface area contributed by atoms with E-state index in [0.717, 1.165) is 12.8 Å². The maximum absolute atomic E-state index is 10.9. The van der Waals surface area contributed by atoms with Gasteiger partial charge in [-0.25, -0.2) is 0 Å². The van der Waals surface area contributed by atoms with Crippen LogP contribution in [0.5, 0.6) is 5.75 Å². The van der Waals surface area contributed by atoms with Gasteiger partial charge < -0.3 is 14.6 Å². The van der Waals surface area contributed by atoms with Gasteiger partial charge in [0.1, 0.15) is 6.10 Å². The molecule has 0 radical (unpaired) electrons. The van der Waals surface area contributed by atoms with Crippen LogP contribution >= 0.6 is 0 Å². The van der Waals surface area contributed by atoms with Gasteiger partial charge in [-0.2, -0.15) is 0 Å². The molecule has 1 heterocycles. The van der Waals surface area contributed by atoms with E-state index >= 15 is 0 Å². The summed E-state index contributed by atoms with van der Waals surface area (Å²) >= 11 is 0. The Bertz CT molecular complexity index is 428. The lowest BCUT2D eigenvalue weighted by atomic mass is 10.1. The highest BCUT2D eigenvalue weighted by Gasteiger charge is 2.21. The molecule has 1 fully saturated rings. The van der Waals surface area contributed by atoms with Crippen LogP contribution in [0.15, 0.2) is 18.2 Å². The van der Waals surface area contributed by atoms with Gasteiger partial charge in [-0.1, -0.05) is 0 Å². The van der Waals surface area contributed by atoms with E-state index in [1.165, 1.54) is 18.2 Å². The highest BCUT2D eigenvalue weighted by atomic mass is 16.6. The van der Waals surface area contributed by atoms with Crippen molar-refractivity contribution in [3.8, 4) is 5.75 Å². The second-order valence-electron chi connectivity index (χ2n) is 4.17. The van der Waals surface area contributed by atoms with Crippen LogP contribution in [-0.2, 0) is 11.3 Å². The molecule has 0 saturated carbocycles. The Morgan fingerprint density at radius 1 is 1.56 bits per heavy atom. The van der Waals surface area contributed by atoms with Gasteiger partial charge in [-0.15, -0.1) is 0 Å². The number of rotatable bonds is 4. The van der Waals surface area contributed by atoms with Crippen molar-refractivity contribution in [1.29, 1.82) is 0 Å². The summed E-state index contributed by atoms with van der Waals surface area (Å²) < 4.78 is 10.9. The van der Waals surface area contributed by atoms with Crippen molar-refractivity contribution in [2.75, 3.05) is 13.2 Å². The minimum absolute atomic E-state index is 0.0854. The highest BCUT2D eigenvalue weighted by molar-refractivity contribution is 5.48. The Hall–Kier alpha value is -1.66. The molecular formula is C12H15NO5. The third-order valence-corrected chi connectivity index (χ3v) is 2.82. The molecule has 1 aliphatic rings. The summed E-state index contributed by atoms with van der Waals surface area (Å²) in [7, 11) is 0. The summed E-state index contributed by atoms with van der Waals surface area (Å²) in [4.78, 5) is 10.4. The summed E-state index contributed by atoms with van der Waals surface area (Å²) in [5.41, 5.74) is 0.505. The molecule has 0 amide bonds. The quantitative estimate of drug-likeness (QED) is 0.651. The second kappa shape index (κ2) is 5.79. The first-order valence-corrected chi connectivity index (χ1v) is 5.83. The van der Waals surface area contributed by atoms with Crippen molar-refractivity contribution < 1.29 is 19.5 Å². The molecule has 2 rings (SSSR count). The molecule has 0 aromatic heterocycles. The molecular weight excluding hydrogens is 238 g/mol. The fourth-order valence-electron chi connectivity index (χ4n) is 1.89. The number of nitro groups is 1. The van der Waals surface area contributed by atoms with E-state index in [2.05, 4.69) is 0 Å². The number of aliphatic hydroxyl groups excluding tert-OH is 1. The maximum atomic E-state index is 10.9. The average molecular weight is 253 g/mol. The topological polar surface area (TPSA) is 81.8 Å². The first-order valence-electron chi connectivity index (χ1n) is 5.83. The molecule has 1 N–H and O–H groups in total. The van der Waals surface area contributed by atoms with Crippen LogP contribution in [0.3, 0.4) is 0 Å². The molecule has 6 heteroatoms. The van der Waals surface area contributed by atoms with Crippen LogP contribution in [0, 0.1) is 10.1 Å². The van der Waals surface area contributed by atoms with Crippen LogP contribution in [0.25, 0.3) is 0 Å². The molecule has 18 heavy (non-hydrogen) atoms. The van der Waals surface area contributed by atoms with Crippen molar-refractivity contribution in [3.05, 3.63) is 33.9 Å². The fraction of sp³-hybridized carbons (Fsp3) is 0.500. The average Bonchev–Trinajstić information content (AvgIpc) is 2.39. The maximum Gasteiger partial charge on any atom is 0.310 e. The monoisotopic (exact) mass is 253 g/mol. The number of aliphatic hydroxyl groups is 1. The van der Waals surface area contributed by atoms with Gasteiger partial charge in [-0.05, 0) is 30.5 Å². The summed E-state index contributed by atoms with van der Waals surface area (Å²) in [5, 5.41) is 19.9. The zero-order valence-corrected chi connectivity index (χ0v) is 9.87. The third kappa shape index (κ3) is 2.96. The minimum atomic E-state index is -0.486. The summed E-state index contributed by atoms with van der Waals surface area (Å²) in [5.74, 6) is 0.196. The Labute approximate surface area is 104 Å². The standard InChI is InChI=1S/C12H15NO5/c14-7-9-3-4-11(13(15)16)12(6-9)18-10-2-1-5-17-8-10/h3-4,6,10,14H,1-2,5,7-8H2. The first kappa shape index (κ1) is 12.8. The third-order valence-electron chi connectivity index (χ3n) is 2.82. The molecule has 1 aliphatic heterocycles. The molecule has 1 atom stereocenters. The van der Waals surface area contributed by atoms with Crippen molar-refractivity contribution >= 4 is 5.69 Å². The van der Waals surface area contributed by atoms with Gasteiger partial charge >= 0.3 is 5.69 Å². The van der Waals surface area contributed by atoms with Gasteiger partial charge in [-0.3, -0.25) is 10.1 Å². The molecule has 0 spiro atoms. The summed E-state index contributed by atoms with van der Waals surface area (Å²) in [6.45, 7) is 0.981. The van der Waals surface area contributed by atoms with Crippen LogP contribution in [0.4, 0.5) is 5.69 Å². The van der Waals surface area contributed by atoms with E-state index in [9.17, 15) is 10.1 Å². The fourth-order valence-corrected chi connectivity index (χ4v) is 1.89. The molecule has 0 aliphatic carbocycles. The molecule has 1 unspecified atom stereocenters. The number of hydrogen-bond donors (Lipinski definition) is 1. The van der Waals surface area contributed by atoms with E-state index in [4.69, 9.17) is 14.6 Å². The molecule has 1 aromatic rings. The zero-order valence-electron chi connectivity index (χ0n) is 9.87. The van der Waals surface area contributed by atoms with Crippen LogP contribution in [-0.4, -0.2) is 29.3 Å². The molecule has 6 nitrogen and oxygen atoms in total. The first-order chi connectivity index (χ1) is 8.70. The van der Waals surface area contributed by atoms with E-state index in [0.29, 0.717) is 18.8 Å². The number of hydrogen-bond acceptors (Lipinski definition) is 5. The number of ether oxygens (including phenoxy) is 2. The molecule has 1 aromatic carbocycles. The lowest BCUT2D eigenvalue weighted by molar-refractivity contribution is -0.386. The normalized spacial score (nSPS) is 19.5. The lowest BCUT2D eigenvalue weighted by Gasteiger charge is -2.23. The van der Waals surface area contributed by atoms with Crippen LogP contribution < -0.4 is 4.74 Å². The van der Waals surface area contributed by atoms with E-state index in [1.807, 2.05) is 0 Å². The van der Waals surface area contributed by atoms with Crippen molar-refractivity contribution in [2.24, 2.45) is 0 Å². The Balaban J connectivity index is 2.19. The summed E-state index contributed by atoms with van der Waals surface area (Å²) in [6, 6.07) is 4.37. The van der Waals surface area contributed by atoms with Gasteiger partial charge in [0.15, 0.2) is 5.75 Å². The van der Waals surface area contributed by atoms with Crippen LogP contribution in [0.1, 0.15) is 18.4 Å². The molecule has 98 valence electrons. The van der Waals surface area contributed by atoms with Gasteiger partial charge in [0.05, 0.1) is 18.1 Å². The number of nitrogens with zero attached hydrogens (tertiary/aromatic N) is 1. The van der Waals surface area contributed by atoms with Gasteiger partial charge in [0.2, 0.25) is 0 Å². The largest absolute Gasteiger partial charge is 0.481 e. The second-order valence-corrected chi connectivity index (χ2v) is 4.17. The highest BCUT2D eigenvalue weighted by Crippen LogP contribution is 2.30. The Morgan fingerprint density at radius 2 is 2.39 bits per heavy atom. The SMILES string of the molecule is O=[N+]([O-])c1ccc(CO)cc1OC1CCCOC1. The van der Waals surface area contributed by atoms with Gasteiger partial charge in [0.25, 0.3) is 0 Å². The summed E-state index contributed by atoms with van der Waals surface area (Å²) in [6.07, 6.45) is 1.55.